The number of carbonyl (C=O) groups excluding carboxylic acids is 2. The fourth-order valence-corrected chi connectivity index (χ4v) is 4.08. The zero-order valence-electron chi connectivity index (χ0n) is 22.7. The Morgan fingerprint density at radius 1 is 0.949 bits per heavy atom. The molecule has 1 fully saturated rings. The van der Waals surface area contributed by atoms with E-state index in [9.17, 15) is 9.59 Å². The minimum atomic E-state index is -0.630. The standard InChI is InChI=1S/C30H36N4O5/c1-30(2,3)39-29(36)33-26-8-5-4-7-25(26)32-28(35)23-11-9-22(10-12-23)24-13-14-31-27(21-24)38-18-6-15-34-16-19-37-20-17-34/h4-5,7-14,21H,6,15-20H2,1-3H3,(H,32,35)(H,33,36). The van der Waals surface area contributed by atoms with Gasteiger partial charge in [-0.2, -0.15) is 0 Å². The second-order valence-electron chi connectivity index (χ2n) is 10.2. The van der Waals surface area contributed by atoms with E-state index in [1.54, 1.807) is 63.4 Å². The molecule has 9 nitrogen and oxygen atoms in total. The Labute approximate surface area is 229 Å². The molecule has 206 valence electrons. The maximum atomic E-state index is 12.9. The third-order valence-corrected chi connectivity index (χ3v) is 6.00. The number of nitrogens with one attached hydrogen (secondary N) is 2. The predicted molar refractivity (Wildman–Crippen MR) is 151 cm³/mol. The second-order valence-corrected chi connectivity index (χ2v) is 10.2. The highest BCUT2D eigenvalue weighted by atomic mass is 16.6. The van der Waals surface area contributed by atoms with E-state index in [1.165, 1.54) is 0 Å². The van der Waals surface area contributed by atoms with Crippen LogP contribution in [-0.2, 0) is 9.47 Å². The number of morpholine rings is 1. The molecule has 39 heavy (non-hydrogen) atoms. The summed E-state index contributed by atoms with van der Waals surface area (Å²) in [6, 6.07) is 18.1. The molecule has 0 bridgehead atoms. The first-order valence-electron chi connectivity index (χ1n) is 13.2. The van der Waals surface area contributed by atoms with Gasteiger partial charge in [-0.1, -0.05) is 24.3 Å². The van der Waals surface area contributed by atoms with Gasteiger partial charge in [-0.05, 0) is 68.7 Å². The quantitative estimate of drug-likeness (QED) is 0.353. The van der Waals surface area contributed by atoms with Gasteiger partial charge in [0.1, 0.15) is 5.60 Å². The van der Waals surface area contributed by atoms with E-state index < -0.39 is 11.7 Å². The van der Waals surface area contributed by atoms with Gasteiger partial charge in [0, 0.05) is 37.5 Å². The summed E-state index contributed by atoms with van der Waals surface area (Å²) in [7, 11) is 0. The predicted octanol–water partition coefficient (Wildman–Crippen LogP) is 5.45. The number of nitrogens with zero attached hydrogens (tertiary/aromatic N) is 2. The van der Waals surface area contributed by atoms with Crippen molar-refractivity contribution >= 4 is 23.4 Å². The number of ether oxygens (including phenoxy) is 3. The van der Waals surface area contributed by atoms with Crippen LogP contribution in [0.2, 0.25) is 0 Å². The number of hydrogen-bond donors (Lipinski definition) is 2. The molecule has 0 radical (unpaired) electrons. The zero-order valence-corrected chi connectivity index (χ0v) is 22.7. The van der Waals surface area contributed by atoms with E-state index in [2.05, 4.69) is 20.5 Å². The van der Waals surface area contributed by atoms with Gasteiger partial charge in [-0.25, -0.2) is 9.78 Å². The Hall–Kier alpha value is -3.95. The summed E-state index contributed by atoms with van der Waals surface area (Å²) in [6.07, 6.45) is 2.06. The highest BCUT2D eigenvalue weighted by molar-refractivity contribution is 6.07. The minimum Gasteiger partial charge on any atom is -0.478 e. The number of rotatable bonds is 9. The van der Waals surface area contributed by atoms with Crippen molar-refractivity contribution in [2.24, 2.45) is 0 Å². The number of anilines is 2. The van der Waals surface area contributed by atoms with Crippen molar-refractivity contribution < 1.29 is 23.8 Å². The van der Waals surface area contributed by atoms with Crippen molar-refractivity contribution in [2.75, 3.05) is 50.1 Å². The lowest BCUT2D eigenvalue weighted by Gasteiger charge is -2.26. The number of pyridine rings is 1. The lowest BCUT2D eigenvalue weighted by atomic mass is 10.0. The molecular weight excluding hydrogens is 496 g/mol. The zero-order chi connectivity index (χ0) is 27.7. The monoisotopic (exact) mass is 532 g/mol. The van der Waals surface area contributed by atoms with Crippen LogP contribution >= 0.6 is 0 Å². The van der Waals surface area contributed by atoms with Crippen molar-refractivity contribution in [1.82, 2.24) is 9.88 Å². The van der Waals surface area contributed by atoms with Crippen LogP contribution in [0.5, 0.6) is 5.88 Å². The van der Waals surface area contributed by atoms with Gasteiger partial charge in [0.15, 0.2) is 0 Å². The molecule has 1 aliphatic heterocycles. The molecule has 0 atom stereocenters. The first-order chi connectivity index (χ1) is 18.8. The molecule has 9 heteroatoms. The van der Waals surface area contributed by atoms with E-state index in [-0.39, 0.29) is 5.91 Å². The van der Waals surface area contributed by atoms with Crippen molar-refractivity contribution in [1.29, 1.82) is 0 Å². The van der Waals surface area contributed by atoms with E-state index in [0.29, 0.717) is 29.4 Å². The van der Waals surface area contributed by atoms with Crippen LogP contribution in [-0.4, -0.2) is 66.9 Å². The Morgan fingerprint density at radius 3 is 2.33 bits per heavy atom. The van der Waals surface area contributed by atoms with Crippen molar-refractivity contribution in [3.05, 3.63) is 72.4 Å². The molecule has 2 aromatic carbocycles. The summed E-state index contributed by atoms with van der Waals surface area (Å²) in [6.45, 7) is 10.5. The molecule has 0 saturated carbocycles. The molecule has 0 aliphatic carbocycles. The number of amides is 2. The molecule has 0 unspecified atom stereocenters. The summed E-state index contributed by atoms with van der Waals surface area (Å²) >= 11 is 0. The van der Waals surface area contributed by atoms with Crippen LogP contribution in [0.3, 0.4) is 0 Å². The van der Waals surface area contributed by atoms with Gasteiger partial charge in [0.05, 0.1) is 31.2 Å². The van der Waals surface area contributed by atoms with E-state index in [4.69, 9.17) is 14.2 Å². The van der Waals surface area contributed by atoms with E-state index in [0.717, 1.165) is 50.4 Å². The first kappa shape index (κ1) is 28.1. The SMILES string of the molecule is CC(C)(C)OC(=O)Nc1ccccc1NC(=O)c1ccc(-c2ccnc(OCCCN3CCOCC3)c2)cc1. The normalized spacial score (nSPS) is 13.9. The lowest BCUT2D eigenvalue weighted by Crippen LogP contribution is -2.37. The Kier molecular flexibility index (Phi) is 9.51. The molecule has 2 amide bonds. The summed E-state index contributed by atoms with van der Waals surface area (Å²) in [5, 5.41) is 5.56. The van der Waals surface area contributed by atoms with Gasteiger partial charge in [0.25, 0.3) is 5.91 Å². The Morgan fingerprint density at radius 2 is 1.64 bits per heavy atom. The molecule has 1 aromatic heterocycles. The van der Waals surface area contributed by atoms with E-state index in [1.807, 2.05) is 24.3 Å². The third kappa shape index (κ3) is 8.80. The molecule has 0 spiro atoms. The second kappa shape index (κ2) is 13.2. The smallest absolute Gasteiger partial charge is 0.412 e. The van der Waals surface area contributed by atoms with Crippen LogP contribution in [0.4, 0.5) is 16.2 Å². The van der Waals surface area contributed by atoms with Crippen LogP contribution < -0.4 is 15.4 Å². The average Bonchev–Trinajstić information content (AvgIpc) is 2.92. The molecule has 4 rings (SSSR count). The Balaban J connectivity index is 1.33. The van der Waals surface area contributed by atoms with Gasteiger partial charge >= 0.3 is 6.09 Å². The largest absolute Gasteiger partial charge is 0.478 e. The maximum Gasteiger partial charge on any atom is 0.412 e. The number of para-hydroxylation sites is 2. The van der Waals surface area contributed by atoms with Gasteiger partial charge in [0.2, 0.25) is 5.88 Å². The van der Waals surface area contributed by atoms with Crippen LogP contribution in [0.1, 0.15) is 37.6 Å². The number of benzene rings is 2. The minimum absolute atomic E-state index is 0.293. The molecule has 3 aromatic rings. The lowest BCUT2D eigenvalue weighted by molar-refractivity contribution is 0.0357. The highest BCUT2D eigenvalue weighted by Crippen LogP contribution is 2.25. The van der Waals surface area contributed by atoms with Crippen molar-refractivity contribution in [3.63, 3.8) is 0 Å². The van der Waals surface area contributed by atoms with Gasteiger partial charge < -0.3 is 19.5 Å². The summed E-state index contributed by atoms with van der Waals surface area (Å²) in [4.78, 5) is 31.9. The molecule has 1 aliphatic rings. The number of carbonyl (C=O) groups is 2. The first-order valence-corrected chi connectivity index (χ1v) is 13.2. The van der Waals surface area contributed by atoms with Crippen molar-refractivity contribution in [3.8, 4) is 17.0 Å². The van der Waals surface area contributed by atoms with Crippen molar-refractivity contribution in [2.45, 2.75) is 32.8 Å². The molecular formula is C30H36N4O5. The molecule has 2 heterocycles. The van der Waals surface area contributed by atoms with Crippen LogP contribution in [0.25, 0.3) is 11.1 Å². The van der Waals surface area contributed by atoms with Gasteiger partial charge in [-0.3, -0.25) is 15.0 Å². The topological polar surface area (TPSA) is 102 Å². The van der Waals surface area contributed by atoms with Crippen LogP contribution in [0.15, 0.2) is 66.9 Å². The fraction of sp³-hybridized carbons (Fsp3) is 0.367. The average molecular weight is 533 g/mol. The number of hydrogen-bond acceptors (Lipinski definition) is 7. The summed E-state index contributed by atoms with van der Waals surface area (Å²) in [5.74, 6) is 0.282. The molecule has 1 saturated heterocycles. The highest BCUT2D eigenvalue weighted by Gasteiger charge is 2.18. The Bertz CT molecular complexity index is 1250. The maximum absolute atomic E-state index is 12.9. The van der Waals surface area contributed by atoms with E-state index >= 15 is 0 Å². The van der Waals surface area contributed by atoms with Crippen LogP contribution in [0, 0.1) is 0 Å². The summed E-state index contributed by atoms with van der Waals surface area (Å²) < 4.78 is 16.6. The fourth-order valence-electron chi connectivity index (χ4n) is 4.08. The third-order valence-electron chi connectivity index (χ3n) is 6.00. The summed E-state index contributed by atoms with van der Waals surface area (Å²) in [5.41, 5.74) is 2.67. The molecule has 2 N–H and O–H groups in total. The number of aromatic nitrogens is 1. The van der Waals surface area contributed by atoms with Gasteiger partial charge in [-0.15, -0.1) is 0 Å².